The molecule has 5 heteroatoms. The van der Waals surface area contributed by atoms with Gasteiger partial charge < -0.3 is 18.9 Å². The molecule has 3 aromatic carbocycles. The molecule has 0 aromatic heterocycles. The molecule has 0 saturated heterocycles. The lowest BCUT2D eigenvalue weighted by Crippen LogP contribution is -2.14. The summed E-state index contributed by atoms with van der Waals surface area (Å²) < 4.78 is 23.0. The number of hydrogen-bond donors (Lipinski definition) is 0. The molecule has 0 unspecified atom stereocenters. The molecule has 0 heterocycles. The van der Waals surface area contributed by atoms with E-state index < -0.39 is 5.97 Å². The number of esters is 1. The van der Waals surface area contributed by atoms with Crippen LogP contribution in [0, 0.1) is 0 Å². The number of benzene rings is 3. The SMILES string of the molecule is CCOC(=O)COc1ccc(-c2ccc(OC(CC)CC)cc2)cc1Oc1ccc(C(C)(C)C)cc1. The summed E-state index contributed by atoms with van der Waals surface area (Å²) in [6.07, 6.45) is 2.17. The van der Waals surface area contributed by atoms with Gasteiger partial charge in [0.1, 0.15) is 11.5 Å². The Morgan fingerprint density at radius 3 is 1.97 bits per heavy atom. The van der Waals surface area contributed by atoms with E-state index in [0.29, 0.717) is 23.9 Å². The third-order valence-corrected chi connectivity index (χ3v) is 5.94. The van der Waals surface area contributed by atoms with Crippen molar-refractivity contribution in [1.29, 1.82) is 0 Å². The minimum Gasteiger partial charge on any atom is -0.490 e. The van der Waals surface area contributed by atoms with Crippen molar-refractivity contribution < 1.29 is 23.7 Å². The van der Waals surface area contributed by atoms with Gasteiger partial charge in [-0.1, -0.05) is 65.0 Å². The van der Waals surface area contributed by atoms with Crippen molar-refractivity contribution in [3.8, 4) is 34.1 Å². The average Bonchev–Trinajstić information content (AvgIpc) is 2.87. The molecule has 0 fully saturated rings. The second kappa shape index (κ2) is 12.5. The molecule has 5 nitrogen and oxygen atoms in total. The van der Waals surface area contributed by atoms with Gasteiger partial charge in [-0.25, -0.2) is 4.79 Å². The van der Waals surface area contributed by atoms with Crippen molar-refractivity contribution in [1.82, 2.24) is 0 Å². The fraction of sp³-hybridized carbons (Fsp3) is 0.387. The average molecular weight is 491 g/mol. The first-order chi connectivity index (χ1) is 17.2. The number of ether oxygens (including phenoxy) is 4. The van der Waals surface area contributed by atoms with Gasteiger partial charge in [0.2, 0.25) is 0 Å². The smallest absolute Gasteiger partial charge is 0.344 e. The van der Waals surface area contributed by atoms with E-state index in [2.05, 4.69) is 46.8 Å². The lowest BCUT2D eigenvalue weighted by molar-refractivity contribution is -0.145. The van der Waals surface area contributed by atoms with Crippen LogP contribution in [-0.4, -0.2) is 25.3 Å². The quantitative estimate of drug-likeness (QED) is 0.255. The maximum absolute atomic E-state index is 11.9. The molecule has 0 atom stereocenters. The standard InChI is InChI=1S/C31H38O5/c1-7-25(8-2)35-26-15-10-22(11-16-26)23-12-19-28(34-21-30(32)33-9-3)29(20-23)36-27-17-13-24(14-18-27)31(4,5)6/h10-20,25H,7-9,21H2,1-6H3. The highest BCUT2D eigenvalue weighted by molar-refractivity contribution is 5.72. The van der Waals surface area contributed by atoms with Crippen LogP contribution in [0.25, 0.3) is 11.1 Å². The molecule has 0 radical (unpaired) electrons. The van der Waals surface area contributed by atoms with Gasteiger partial charge in [0.25, 0.3) is 0 Å². The molecule has 192 valence electrons. The normalized spacial score (nSPS) is 11.3. The Labute approximate surface area is 215 Å². The summed E-state index contributed by atoms with van der Waals surface area (Å²) in [5.41, 5.74) is 3.26. The lowest BCUT2D eigenvalue weighted by atomic mass is 9.87. The van der Waals surface area contributed by atoms with E-state index in [1.54, 1.807) is 6.92 Å². The monoisotopic (exact) mass is 490 g/mol. The molecule has 0 aliphatic heterocycles. The molecule has 3 rings (SSSR count). The third kappa shape index (κ3) is 7.51. The van der Waals surface area contributed by atoms with Gasteiger partial charge in [0, 0.05) is 0 Å². The number of carbonyl (C=O) groups is 1. The maximum Gasteiger partial charge on any atom is 0.344 e. The van der Waals surface area contributed by atoms with Gasteiger partial charge in [0.15, 0.2) is 18.1 Å². The summed E-state index contributed by atoms with van der Waals surface area (Å²) >= 11 is 0. The number of rotatable bonds is 11. The molecule has 0 aliphatic carbocycles. The third-order valence-electron chi connectivity index (χ3n) is 5.94. The Hall–Kier alpha value is -3.47. The summed E-state index contributed by atoms with van der Waals surface area (Å²) in [6, 6.07) is 21.8. The summed E-state index contributed by atoms with van der Waals surface area (Å²) in [7, 11) is 0. The Morgan fingerprint density at radius 1 is 0.778 bits per heavy atom. The first-order valence-corrected chi connectivity index (χ1v) is 12.7. The van der Waals surface area contributed by atoms with Gasteiger partial charge in [-0.2, -0.15) is 0 Å². The van der Waals surface area contributed by atoms with E-state index in [9.17, 15) is 4.79 Å². The second-order valence-electron chi connectivity index (χ2n) is 9.71. The molecular weight excluding hydrogens is 452 g/mol. The molecule has 0 aliphatic rings. The van der Waals surface area contributed by atoms with Crippen molar-refractivity contribution >= 4 is 5.97 Å². The molecule has 0 amide bonds. The first-order valence-electron chi connectivity index (χ1n) is 12.7. The Morgan fingerprint density at radius 2 is 1.39 bits per heavy atom. The predicted molar refractivity (Wildman–Crippen MR) is 144 cm³/mol. The van der Waals surface area contributed by atoms with Gasteiger partial charge in [-0.05, 0) is 78.3 Å². The minimum atomic E-state index is -0.421. The van der Waals surface area contributed by atoms with E-state index >= 15 is 0 Å². The highest BCUT2D eigenvalue weighted by Crippen LogP contribution is 2.37. The molecule has 0 spiro atoms. The van der Waals surface area contributed by atoms with Gasteiger partial charge >= 0.3 is 5.97 Å². The van der Waals surface area contributed by atoms with Crippen molar-refractivity contribution in [2.45, 2.75) is 65.9 Å². The van der Waals surface area contributed by atoms with Crippen LogP contribution in [0.1, 0.15) is 59.9 Å². The topological polar surface area (TPSA) is 54.0 Å². The molecule has 3 aromatic rings. The van der Waals surface area contributed by atoms with Crippen LogP contribution in [0.5, 0.6) is 23.0 Å². The van der Waals surface area contributed by atoms with Crippen molar-refractivity contribution in [3.05, 3.63) is 72.3 Å². The maximum atomic E-state index is 11.9. The predicted octanol–water partition coefficient (Wildman–Crippen LogP) is 7.95. The summed E-state index contributed by atoms with van der Waals surface area (Å²) in [6.45, 7) is 12.7. The van der Waals surface area contributed by atoms with E-state index in [0.717, 1.165) is 29.7 Å². The molecule has 36 heavy (non-hydrogen) atoms. The lowest BCUT2D eigenvalue weighted by Gasteiger charge is -2.19. The largest absolute Gasteiger partial charge is 0.490 e. The number of carbonyl (C=O) groups excluding carboxylic acids is 1. The van der Waals surface area contributed by atoms with Gasteiger partial charge in [-0.3, -0.25) is 0 Å². The highest BCUT2D eigenvalue weighted by atomic mass is 16.6. The van der Waals surface area contributed by atoms with Crippen LogP contribution in [0.15, 0.2) is 66.7 Å². The van der Waals surface area contributed by atoms with E-state index in [1.165, 1.54) is 5.56 Å². The molecular formula is C31H38O5. The molecule has 0 bridgehead atoms. The van der Waals surface area contributed by atoms with Crippen LogP contribution in [-0.2, 0) is 14.9 Å². The number of hydrogen-bond acceptors (Lipinski definition) is 5. The van der Waals surface area contributed by atoms with Crippen LogP contribution in [0.3, 0.4) is 0 Å². The Kier molecular flexibility index (Phi) is 9.40. The van der Waals surface area contributed by atoms with Crippen LogP contribution in [0.4, 0.5) is 0 Å². The fourth-order valence-corrected chi connectivity index (χ4v) is 3.75. The van der Waals surface area contributed by atoms with Crippen LogP contribution >= 0.6 is 0 Å². The molecule has 0 saturated carbocycles. The highest BCUT2D eigenvalue weighted by Gasteiger charge is 2.15. The summed E-state index contributed by atoms with van der Waals surface area (Å²) in [4.78, 5) is 11.9. The van der Waals surface area contributed by atoms with E-state index in [-0.39, 0.29) is 18.1 Å². The van der Waals surface area contributed by atoms with Crippen molar-refractivity contribution in [2.24, 2.45) is 0 Å². The minimum absolute atomic E-state index is 0.0521. The van der Waals surface area contributed by atoms with Gasteiger partial charge in [0.05, 0.1) is 12.7 Å². The fourth-order valence-electron chi connectivity index (χ4n) is 3.75. The van der Waals surface area contributed by atoms with Crippen LogP contribution in [0.2, 0.25) is 0 Å². The van der Waals surface area contributed by atoms with Gasteiger partial charge in [-0.15, -0.1) is 0 Å². The summed E-state index contributed by atoms with van der Waals surface area (Å²) in [5, 5.41) is 0. The van der Waals surface area contributed by atoms with E-state index in [1.807, 2.05) is 54.6 Å². The Balaban J connectivity index is 1.87. The zero-order valence-electron chi connectivity index (χ0n) is 22.3. The second-order valence-corrected chi connectivity index (χ2v) is 9.71. The van der Waals surface area contributed by atoms with E-state index in [4.69, 9.17) is 18.9 Å². The first kappa shape index (κ1) is 27.1. The van der Waals surface area contributed by atoms with Crippen molar-refractivity contribution in [3.63, 3.8) is 0 Å². The van der Waals surface area contributed by atoms with Crippen LogP contribution < -0.4 is 14.2 Å². The zero-order valence-corrected chi connectivity index (χ0v) is 22.3. The van der Waals surface area contributed by atoms with Crippen molar-refractivity contribution in [2.75, 3.05) is 13.2 Å². The Bertz CT molecular complexity index is 1110. The molecule has 0 N–H and O–H groups in total. The summed E-state index contributed by atoms with van der Waals surface area (Å²) in [5.74, 6) is 2.13. The zero-order chi connectivity index (χ0) is 26.1.